The number of amides is 2. The number of thiophene rings is 1. The summed E-state index contributed by atoms with van der Waals surface area (Å²) in [6.07, 6.45) is 0. The van der Waals surface area contributed by atoms with Crippen LogP contribution in [0.3, 0.4) is 0 Å². The molecule has 2 N–H and O–H groups in total. The van der Waals surface area contributed by atoms with Crippen molar-refractivity contribution in [1.29, 1.82) is 0 Å². The van der Waals surface area contributed by atoms with Crippen LogP contribution >= 0.6 is 11.3 Å². The molecule has 0 saturated carbocycles. The van der Waals surface area contributed by atoms with Gasteiger partial charge in [0.1, 0.15) is 18.1 Å². The van der Waals surface area contributed by atoms with E-state index in [1.807, 2.05) is 5.38 Å². The van der Waals surface area contributed by atoms with Gasteiger partial charge >= 0.3 is 0 Å². The largest absolute Gasteiger partial charge is 0.497 e. The van der Waals surface area contributed by atoms with E-state index in [9.17, 15) is 9.59 Å². The van der Waals surface area contributed by atoms with Gasteiger partial charge in [-0.05, 0) is 47.8 Å². The first kappa shape index (κ1) is 19.4. The maximum Gasteiger partial charge on any atom is 0.265 e. The van der Waals surface area contributed by atoms with Gasteiger partial charge in [-0.25, -0.2) is 0 Å². The molecule has 0 unspecified atom stereocenters. The Morgan fingerprint density at radius 1 is 0.929 bits per heavy atom. The summed E-state index contributed by atoms with van der Waals surface area (Å²) in [5.74, 6) is 0.930. The van der Waals surface area contributed by atoms with Crippen molar-refractivity contribution in [2.75, 3.05) is 25.6 Å². The Balaban J connectivity index is 1.53. The lowest BCUT2D eigenvalue weighted by molar-refractivity contribution is 0.0948. The van der Waals surface area contributed by atoms with Crippen LogP contribution in [0.1, 0.15) is 20.0 Å². The van der Waals surface area contributed by atoms with Gasteiger partial charge in [0.2, 0.25) is 0 Å². The SMILES string of the molecule is COc1ccc(OCCNC(=O)c2ccccc2NC(=O)c2cccs2)cc1. The molecule has 144 valence electrons. The fourth-order valence-electron chi connectivity index (χ4n) is 2.48. The van der Waals surface area contributed by atoms with Crippen molar-refractivity contribution in [3.8, 4) is 11.5 Å². The number of benzene rings is 2. The van der Waals surface area contributed by atoms with Crippen LogP contribution in [0.5, 0.6) is 11.5 Å². The highest BCUT2D eigenvalue weighted by molar-refractivity contribution is 7.12. The molecule has 0 saturated heterocycles. The Labute approximate surface area is 167 Å². The van der Waals surface area contributed by atoms with E-state index in [0.29, 0.717) is 35.0 Å². The van der Waals surface area contributed by atoms with Crippen molar-refractivity contribution in [3.05, 3.63) is 76.5 Å². The van der Waals surface area contributed by atoms with Crippen molar-refractivity contribution in [3.63, 3.8) is 0 Å². The van der Waals surface area contributed by atoms with Gasteiger partial charge in [0, 0.05) is 0 Å². The molecule has 1 aromatic heterocycles. The minimum atomic E-state index is -0.277. The van der Waals surface area contributed by atoms with E-state index in [1.54, 1.807) is 67.8 Å². The smallest absolute Gasteiger partial charge is 0.265 e. The first-order valence-corrected chi connectivity index (χ1v) is 9.54. The second kappa shape index (κ2) is 9.57. The minimum Gasteiger partial charge on any atom is -0.497 e. The summed E-state index contributed by atoms with van der Waals surface area (Å²) in [5.41, 5.74) is 0.867. The molecule has 7 heteroatoms. The van der Waals surface area contributed by atoms with Gasteiger partial charge in [-0.2, -0.15) is 0 Å². The van der Waals surface area contributed by atoms with Crippen LogP contribution in [-0.2, 0) is 0 Å². The molecular weight excluding hydrogens is 376 g/mol. The number of para-hydroxylation sites is 1. The van der Waals surface area contributed by atoms with Crippen LogP contribution in [0.2, 0.25) is 0 Å². The number of methoxy groups -OCH3 is 1. The molecule has 0 aliphatic rings. The average Bonchev–Trinajstić information content (AvgIpc) is 3.27. The van der Waals surface area contributed by atoms with Crippen LogP contribution < -0.4 is 20.1 Å². The highest BCUT2D eigenvalue weighted by Gasteiger charge is 2.14. The molecule has 2 aromatic carbocycles. The van der Waals surface area contributed by atoms with Gasteiger partial charge < -0.3 is 20.1 Å². The molecular formula is C21H20N2O4S. The van der Waals surface area contributed by atoms with Crippen molar-refractivity contribution >= 4 is 28.8 Å². The number of anilines is 1. The lowest BCUT2D eigenvalue weighted by Gasteiger charge is -2.12. The zero-order valence-corrected chi connectivity index (χ0v) is 16.1. The van der Waals surface area contributed by atoms with Crippen molar-refractivity contribution in [1.82, 2.24) is 5.32 Å². The molecule has 6 nitrogen and oxygen atoms in total. The van der Waals surface area contributed by atoms with E-state index in [-0.39, 0.29) is 11.8 Å². The quantitative estimate of drug-likeness (QED) is 0.568. The molecule has 2 amide bonds. The number of carbonyl (C=O) groups excluding carboxylic acids is 2. The van der Waals surface area contributed by atoms with Crippen molar-refractivity contribution in [2.24, 2.45) is 0 Å². The third-order valence-electron chi connectivity index (χ3n) is 3.88. The maximum atomic E-state index is 12.5. The summed E-state index contributed by atoms with van der Waals surface area (Å²) in [4.78, 5) is 25.3. The normalized spacial score (nSPS) is 10.2. The Bertz CT molecular complexity index is 924. The fraction of sp³-hybridized carbons (Fsp3) is 0.143. The third kappa shape index (κ3) is 5.11. The highest BCUT2D eigenvalue weighted by Crippen LogP contribution is 2.18. The van der Waals surface area contributed by atoms with E-state index < -0.39 is 0 Å². The van der Waals surface area contributed by atoms with Crippen LogP contribution in [0.15, 0.2) is 66.0 Å². The summed E-state index contributed by atoms with van der Waals surface area (Å²) in [5, 5.41) is 7.42. The van der Waals surface area contributed by atoms with Gasteiger partial charge in [-0.1, -0.05) is 18.2 Å². The molecule has 0 atom stereocenters. The Kier molecular flexibility index (Phi) is 6.64. The number of ether oxygens (including phenoxy) is 2. The Morgan fingerprint density at radius 3 is 2.39 bits per heavy atom. The molecule has 3 aromatic rings. The molecule has 0 aliphatic carbocycles. The fourth-order valence-corrected chi connectivity index (χ4v) is 3.10. The summed E-state index contributed by atoms with van der Waals surface area (Å²) in [7, 11) is 1.60. The number of nitrogens with one attached hydrogen (secondary N) is 2. The monoisotopic (exact) mass is 396 g/mol. The molecule has 0 bridgehead atoms. The van der Waals surface area contributed by atoms with Crippen LogP contribution in [0.25, 0.3) is 0 Å². The first-order valence-electron chi connectivity index (χ1n) is 8.66. The second-order valence-electron chi connectivity index (χ2n) is 5.76. The molecule has 3 rings (SSSR count). The molecule has 0 fully saturated rings. The third-order valence-corrected chi connectivity index (χ3v) is 4.75. The highest BCUT2D eigenvalue weighted by atomic mass is 32.1. The van der Waals surface area contributed by atoms with Gasteiger partial charge in [0.15, 0.2) is 0 Å². The van der Waals surface area contributed by atoms with Gasteiger partial charge in [0.25, 0.3) is 11.8 Å². The number of hydrogen-bond donors (Lipinski definition) is 2. The van der Waals surface area contributed by atoms with E-state index in [1.165, 1.54) is 11.3 Å². The zero-order chi connectivity index (χ0) is 19.8. The summed E-state index contributed by atoms with van der Waals surface area (Å²) in [6, 6.07) is 17.7. The Hall–Kier alpha value is -3.32. The Morgan fingerprint density at radius 2 is 1.68 bits per heavy atom. The zero-order valence-electron chi connectivity index (χ0n) is 15.3. The molecule has 0 aliphatic heterocycles. The minimum absolute atomic E-state index is 0.238. The summed E-state index contributed by atoms with van der Waals surface area (Å²) >= 11 is 1.34. The predicted molar refractivity (Wildman–Crippen MR) is 110 cm³/mol. The van der Waals surface area contributed by atoms with E-state index >= 15 is 0 Å². The van der Waals surface area contributed by atoms with Crippen molar-refractivity contribution < 1.29 is 19.1 Å². The molecule has 0 radical (unpaired) electrons. The molecule has 28 heavy (non-hydrogen) atoms. The van der Waals surface area contributed by atoms with Crippen LogP contribution in [0.4, 0.5) is 5.69 Å². The van der Waals surface area contributed by atoms with Gasteiger partial charge in [-0.15, -0.1) is 11.3 Å². The topological polar surface area (TPSA) is 76.7 Å². The van der Waals surface area contributed by atoms with E-state index in [0.717, 1.165) is 5.75 Å². The summed E-state index contributed by atoms with van der Waals surface area (Å²) in [6.45, 7) is 0.653. The predicted octanol–water partition coefficient (Wildman–Crippen LogP) is 3.82. The standard InChI is InChI=1S/C21H20N2O4S/c1-26-15-8-10-16(11-9-15)27-13-12-22-20(24)17-5-2-3-6-18(17)23-21(25)19-7-4-14-28-19/h2-11,14H,12-13H2,1H3,(H,22,24)(H,23,25). The number of rotatable bonds is 8. The maximum absolute atomic E-state index is 12.5. The second-order valence-corrected chi connectivity index (χ2v) is 6.70. The number of hydrogen-bond acceptors (Lipinski definition) is 5. The lowest BCUT2D eigenvalue weighted by atomic mass is 10.1. The molecule has 1 heterocycles. The van der Waals surface area contributed by atoms with Crippen molar-refractivity contribution in [2.45, 2.75) is 0 Å². The van der Waals surface area contributed by atoms with Gasteiger partial charge in [-0.3, -0.25) is 9.59 Å². The first-order chi connectivity index (χ1) is 13.7. The lowest BCUT2D eigenvalue weighted by Crippen LogP contribution is -2.29. The summed E-state index contributed by atoms with van der Waals surface area (Å²) < 4.78 is 10.7. The average molecular weight is 396 g/mol. The van der Waals surface area contributed by atoms with Crippen LogP contribution in [-0.4, -0.2) is 32.1 Å². The number of carbonyl (C=O) groups is 2. The van der Waals surface area contributed by atoms with E-state index in [2.05, 4.69) is 10.6 Å². The van der Waals surface area contributed by atoms with Crippen LogP contribution in [0, 0.1) is 0 Å². The van der Waals surface area contributed by atoms with Gasteiger partial charge in [0.05, 0.1) is 29.8 Å². The molecule has 0 spiro atoms. The van der Waals surface area contributed by atoms with E-state index in [4.69, 9.17) is 9.47 Å².